The van der Waals surface area contributed by atoms with Gasteiger partial charge in [-0.3, -0.25) is 4.90 Å². The Labute approximate surface area is 160 Å². The van der Waals surface area contributed by atoms with Crippen LogP contribution in [0.4, 0.5) is 0 Å². The zero-order chi connectivity index (χ0) is 18.5. The van der Waals surface area contributed by atoms with Crippen molar-refractivity contribution in [2.75, 3.05) is 26.3 Å². The number of aliphatic hydroxyl groups excluding tert-OH is 1. The van der Waals surface area contributed by atoms with Crippen LogP contribution in [0.3, 0.4) is 0 Å². The SMILES string of the molecule is OCCOc1cccc(CN2CCCC(Cc3nc4ccccc4[nH]3)C2)c1. The van der Waals surface area contributed by atoms with E-state index in [0.717, 1.165) is 48.7 Å². The summed E-state index contributed by atoms with van der Waals surface area (Å²) in [4.78, 5) is 10.7. The Kier molecular flexibility index (Phi) is 5.70. The van der Waals surface area contributed by atoms with Gasteiger partial charge < -0.3 is 14.8 Å². The van der Waals surface area contributed by atoms with Crippen molar-refractivity contribution in [1.29, 1.82) is 0 Å². The normalized spacial score (nSPS) is 18.0. The molecule has 27 heavy (non-hydrogen) atoms. The van der Waals surface area contributed by atoms with E-state index < -0.39 is 0 Å². The van der Waals surface area contributed by atoms with Crippen LogP contribution >= 0.6 is 0 Å². The summed E-state index contributed by atoms with van der Waals surface area (Å²) in [5, 5.41) is 8.91. The minimum absolute atomic E-state index is 0.0415. The summed E-state index contributed by atoms with van der Waals surface area (Å²) in [6.07, 6.45) is 3.49. The molecule has 5 heteroatoms. The lowest BCUT2D eigenvalue weighted by atomic mass is 9.94. The van der Waals surface area contributed by atoms with Gasteiger partial charge in [-0.15, -0.1) is 0 Å². The fourth-order valence-corrected chi connectivity index (χ4v) is 3.99. The summed E-state index contributed by atoms with van der Waals surface area (Å²) in [5.41, 5.74) is 3.44. The van der Waals surface area contributed by atoms with E-state index in [2.05, 4.69) is 34.1 Å². The van der Waals surface area contributed by atoms with Crippen LogP contribution in [0, 0.1) is 5.92 Å². The number of piperidine rings is 1. The van der Waals surface area contributed by atoms with E-state index in [4.69, 9.17) is 14.8 Å². The molecule has 1 aliphatic heterocycles. The topological polar surface area (TPSA) is 61.4 Å². The molecular weight excluding hydrogens is 338 g/mol. The van der Waals surface area contributed by atoms with Crippen molar-refractivity contribution in [3.8, 4) is 5.75 Å². The number of H-pyrrole nitrogens is 1. The maximum Gasteiger partial charge on any atom is 0.119 e. The predicted molar refractivity (Wildman–Crippen MR) is 107 cm³/mol. The van der Waals surface area contributed by atoms with E-state index in [1.807, 2.05) is 24.3 Å². The molecule has 2 aromatic carbocycles. The van der Waals surface area contributed by atoms with E-state index in [0.29, 0.717) is 12.5 Å². The monoisotopic (exact) mass is 365 g/mol. The number of likely N-dealkylation sites (tertiary alicyclic amines) is 1. The molecule has 0 bridgehead atoms. The lowest BCUT2D eigenvalue weighted by Gasteiger charge is -2.32. The van der Waals surface area contributed by atoms with Crippen molar-refractivity contribution in [2.24, 2.45) is 5.92 Å². The van der Waals surface area contributed by atoms with Gasteiger partial charge in [-0.2, -0.15) is 0 Å². The minimum atomic E-state index is 0.0415. The second-order valence-electron chi connectivity index (χ2n) is 7.37. The molecule has 0 aliphatic carbocycles. The molecule has 4 rings (SSSR count). The summed E-state index contributed by atoms with van der Waals surface area (Å²) in [6.45, 7) is 3.55. The van der Waals surface area contributed by atoms with Crippen LogP contribution < -0.4 is 4.74 Å². The van der Waals surface area contributed by atoms with Gasteiger partial charge in [0.1, 0.15) is 18.2 Å². The number of rotatable bonds is 7. The van der Waals surface area contributed by atoms with E-state index in [9.17, 15) is 0 Å². The number of aliphatic hydroxyl groups is 1. The van der Waals surface area contributed by atoms with Gasteiger partial charge in [-0.1, -0.05) is 24.3 Å². The van der Waals surface area contributed by atoms with Gasteiger partial charge in [0.15, 0.2) is 0 Å². The first kappa shape index (κ1) is 18.0. The second kappa shape index (κ2) is 8.55. The van der Waals surface area contributed by atoms with Crippen LogP contribution in [0.1, 0.15) is 24.2 Å². The second-order valence-corrected chi connectivity index (χ2v) is 7.37. The third-order valence-corrected chi connectivity index (χ3v) is 5.19. The Morgan fingerprint density at radius 1 is 1.19 bits per heavy atom. The number of imidazole rings is 1. The van der Waals surface area contributed by atoms with E-state index in [-0.39, 0.29) is 6.61 Å². The molecule has 0 saturated carbocycles. The molecule has 2 N–H and O–H groups in total. The molecule has 3 aromatic rings. The van der Waals surface area contributed by atoms with Gasteiger partial charge in [0, 0.05) is 19.5 Å². The molecule has 0 spiro atoms. The van der Waals surface area contributed by atoms with Gasteiger partial charge in [0.2, 0.25) is 0 Å². The number of nitrogens with one attached hydrogen (secondary N) is 1. The van der Waals surface area contributed by atoms with E-state index >= 15 is 0 Å². The summed E-state index contributed by atoms with van der Waals surface area (Å²) < 4.78 is 5.53. The van der Waals surface area contributed by atoms with Crippen molar-refractivity contribution in [3.05, 3.63) is 59.9 Å². The third-order valence-electron chi connectivity index (χ3n) is 5.19. The van der Waals surface area contributed by atoms with Crippen LogP contribution in [0.5, 0.6) is 5.75 Å². The summed E-state index contributed by atoms with van der Waals surface area (Å²) >= 11 is 0. The molecule has 1 unspecified atom stereocenters. The van der Waals surface area contributed by atoms with Gasteiger partial charge in [0.25, 0.3) is 0 Å². The summed E-state index contributed by atoms with van der Waals surface area (Å²) in [5.74, 6) is 2.56. The quantitative estimate of drug-likeness (QED) is 0.674. The van der Waals surface area contributed by atoms with Crippen LogP contribution in [0.2, 0.25) is 0 Å². The average Bonchev–Trinajstić information content (AvgIpc) is 3.09. The fourth-order valence-electron chi connectivity index (χ4n) is 3.99. The highest BCUT2D eigenvalue weighted by Gasteiger charge is 2.21. The Morgan fingerprint density at radius 3 is 3.00 bits per heavy atom. The lowest BCUT2D eigenvalue weighted by Crippen LogP contribution is -2.35. The standard InChI is InChI=1S/C22H27N3O2/c26-11-12-27-19-7-3-5-17(13-19)15-25-10-4-6-18(16-25)14-22-23-20-8-1-2-9-21(20)24-22/h1-3,5,7-9,13,18,26H,4,6,10-12,14-16H2,(H,23,24). The molecule has 1 aliphatic rings. The Morgan fingerprint density at radius 2 is 2.11 bits per heavy atom. The molecule has 142 valence electrons. The number of aromatic nitrogens is 2. The molecule has 1 saturated heterocycles. The zero-order valence-corrected chi connectivity index (χ0v) is 15.6. The van der Waals surface area contributed by atoms with Gasteiger partial charge in [-0.05, 0) is 55.1 Å². The summed E-state index contributed by atoms with van der Waals surface area (Å²) in [7, 11) is 0. The Bertz CT molecular complexity index is 844. The third kappa shape index (κ3) is 4.67. The lowest BCUT2D eigenvalue weighted by molar-refractivity contribution is 0.165. The number of aromatic amines is 1. The zero-order valence-electron chi connectivity index (χ0n) is 15.6. The highest BCUT2D eigenvalue weighted by atomic mass is 16.5. The van der Waals surface area contributed by atoms with Crippen LogP contribution in [0.25, 0.3) is 11.0 Å². The van der Waals surface area contributed by atoms with E-state index in [1.165, 1.54) is 18.4 Å². The Hall–Kier alpha value is -2.37. The molecule has 0 radical (unpaired) electrons. The highest BCUT2D eigenvalue weighted by Crippen LogP contribution is 2.23. The van der Waals surface area contributed by atoms with E-state index in [1.54, 1.807) is 0 Å². The number of hydrogen-bond acceptors (Lipinski definition) is 4. The van der Waals surface area contributed by atoms with Crippen LogP contribution in [-0.2, 0) is 13.0 Å². The molecule has 0 amide bonds. The number of benzene rings is 2. The predicted octanol–water partition coefficient (Wildman–Crippen LogP) is 3.39. The van der Waals surface area contributed by atoms with Crippen LogP contribution in [0.15, 0.2) is 48.5 Å². The first-order valence-corrected chi connectivity index (χ1v) is 9.79. The maximum absolute atomic E-state index is 8.91. The highest BCUT2D eigenvalue weighted by molar-refractivity contribution is 5.74. The number of nitrogens with zero attached hydrogens (tertiary/aromatic N) is 2. The first-order chi connectivity index (χ1) is 13.3. The van der Waals surface area contributed by atoms with Crippen molar-refractivity contribution in [3.63, 3.8) is 0 Å². The van der Waals surface area contributed by atoms with Crippen molar-refractivity contribution in [2.45, 2.75) is 25.8 Å². The maximum atomic E-state index is 8.91. The molecular formula is C22H27N3O2. The molecule has 1 aromatic heterocycles. The summed E-state index contributed by atoms with van der Waals surface area (Å²) in [6, 6.07) is 16.4. The fraction of sp³-hybridized carbons (Fsp3) is 0.409. The number of ether oxygens (including phenoxy) is 1. The largest absolute Gasteiger partial charge is 0.491 e. The number of fused-ring (bicyclic) bond motifs is 1. The van der Waals surface area contributed by atoms with Crippen molar-refractivity contribution in [1.82, 2.24) is 14.9 Å². The van der Waals surface area contributed by atoms with Crippen LogP contribution in [-0.4, -0.2) is 46.3 Å². The van der Waals surface area contributed by atoms with Crippen molar-refractivity contribution >= 4 is 11.0 Å². The Balaban J connectivity index is 1.36. The van der Waals surface area contributed by atoms with Gasteiger partial charge in [-0.25, -0.2) is 4.98 Å². The molecule has 1 atom stereocenters. The van der Waals surface area contributed by atoms with Gasteiger partial charge in [0.05, 0.1) is 17.6 Å². The van der Waals surface area contributed by atoms with Crippen molar-refractivity contribution < 1.29 is 9.84 Å². The van der Waals surface area contributed by atoms with Gasteiger partial charge >= 0.3 is 0 Å². The smallest absolute Gasteiger partial charge is 0.119 e. The first-order valence-electron chi connectivity index (χ1n) is 9.79. The molecule has 2 heterocycles. The number of para-hydroxylation sites is 2. The average molecular weight is 365 g/mol. The molecule has 1 fully saturated rings. The minimum Gasteiger partial charge on any atom is -0.491 e. The molecule has 5 nitrogen and oxygen atoms in total. The number of hydrogen-bond donors (Lipinski definition) is 2.